The van der Waals surface area contributed by atoms with E-state index in [1.807, 2.05) is 42.5 Å². The Morgan fingerprint density at radius 1 is 1.00 bits per heavy atom. The molecule has 1 N–H and O–H groups in total. The number of esters is 1. The molecule has 0 bridgehead atoms. The standard InChI is InChI=1S/C21H25NO3/c1-15(19(23)22-14-16-8-6-5-7-9-16)25-20(24)17-10-12-18(13-11-17)21(2,3)4/h5-13,15H,14H2,1-4H3,(H,22,23)/t15-/m1/s1. The molecule has 2 aromatic carbocycles. The van der Waals surface area contributed by atoms with Gasteiger partial charge in [-0.2, -0.15) is 0 Å². The lowest BCUT2D eigenvalue weighted by atomic mass is 9.87. The summed E-state index contributed by atoms with van der Waals surface area (Å²) in [6.07, 6.45) is -0.849. The lowest BCUT2D eigenvalue weighted by Crippen LogP contribution is -2.35. The van der Waals surface area contributed by atoms with Crippen molar-refractivity contribution in [1.29, 1.82) is 0 Å². The summed E-state index contributed by atoms with van der Waals surface area (Å²) < 4.78 is 5.26. The highest BCUT2D eigenvalue weighted by Gasteiger charge is 2.19. The molecule has 2 aromatic rings. The van der Waals surface area contributed by atoms with Crippen molar-refractivity contribution in [3.05, 3.63) is 71.3 Å². The van der Waals surface area contributed by atoms with Gasteiger partial charge < -0.3 is 10.1 Å². The van der Waals surface area contributed by atoms with Gasteiger partial charge >= 0.3 is 5.97 Å². The van der Waals surface area contributed by atoms with Crippen LogP contribution in [0.5, 0.6) is 0 Å². The van der Waals surface area contributed by atoms with Crippen molar-refractivity contribution < 1.29 is 14.3 Å². The molecule has 132 valence electrons. The first-order chi connectivity index (χ1) is 11.8. The van der Waals surface area contributed by atoms with Crippen LogP contribution in [0, 0.1) is 0 Å². The zero-order valence-electron chi connectivity index (χ0n) is 15.2. The summed E-state index contributed by atoms with van der Waals surface area (Å²) in [6, 6.07) is 16.9. The molecule has 0 saturated carbocycles. The fraction of sp³-hybridized carbons (Fsp3) is 0.333. The maximum Gasteiger partial charge on any atom is 0.338 e. The number of carbonyl (C=O) groups is 2. The molecule has 4 nitrogen and oxygen atoms in total. The molecule has 0 aliphatic carbocycles. The molecule has 2 rings (SSSR count). The van der Waals surface area contributed by atoms with Gasteiger partial charge in [0.2, 0.25) is 0 Å². The summed E-state index contributed by atoms with van der Waals surface area (Å²) in [5.74, 6) is -0.814. The van der Waals surface area contributed by atoms with Crippen molar-refractivity contribution >= 4 is 11.9 Å². The number of hydrogen-bond donors (Lipinski definition) is 1. The van der Waals surface area contributed by atoms with Crippen LogP contribution in [0.1, 0.15) is 49.2 Å². The van der Waals surface area contributed by atoms with Gasteiger partial charge in [0.05, 0.1) is 5.56 Å². The van der Waals surface area contributed by atoms with Crippen LogP contribution in [0.4, 0.5) is 0 Å². The summed E-state index contributed by atoms with van der Waals surface area (Å²) in [6.45, 7) is 8.31. The molecule has 0 heterocycles. The lowest BCUT2D eigenvalue weighted by molar-refractivity contribution is -0.129. The minimum Gasteiger partial charge on any atom is -0.449 e. The maximum atomic E-state index is 12.2. The molecule has 25 heavy (non-hydrogen) atoms. The molecule has 0 unspecified atom stereocenters. The van der Waals surface area contributed by atoms with E-state index in [0.717, 1.165) is 11.1 Å². The molecule has 0 fully saturated rings. The van der Waals surface area contributed by atoms with Gasteiger partial charge in [-0.05, 0) is 35.6 Å². The van der Waals surface area contributed by atoms with E-state index in [1.165, 1.54) is 0 Å². The first kappa shape index (κ1) is 18.7. The van der Waals surface area contributed by atoms with Gasteiger partial charge in [-0.25, -0.2) is 4.79 Å². The predicted molar refractivity (Wildman–Crippen MR) is 98.3 cm³/mol. The molecule has 0 aliphatic rings. The Hall–Kier alpha value is -2.62. The molecule has 0 spiro atoms. The van der Waals surface area contributed by atoms with Gasteiger partial charge in [-0.1, -0.05) is 63.2 Å². The Kier molecular flexibility index (Phi) is 5.97. The third-order valence-corrected chi connectivity index (χ3v) is 3.95. The summed E-state index contributed by atoms with van der Waals surface area (Å²) in [5, 5.41) is 2.77. The topological polar surface area (TPSA) is 55.4 Å². The number of hydrogen-bond acceptors (Lipinski definition) is 3. The van der Waals surface area contributed by atoms with E-state index in [-0.39, 0.29) is 11.3 Å². The van der Waals surface area contributed by atoms with Gasteiger partial charge in [0.1, 0.15) is 0 Å². The second-order valence-corrected chi connectivity index (χ2v) is 7.08. The molecule has 0 radical (unpaired) electrons. The molecule has 1 atom stereocenters. The highest BCUT2D eigenvalue weighted by molar-refractivity contribution is 5.92. The Balaban J connectivity index is 1.89. The van der Waals surface area contributed by atoms with Gasteiger partial charge in [0.15, 0.2) is 6.10 Å². The number of amides is 1. The van der Waals surface area contributed by atoms with Crippen LogP contribution in [0.15, 0.2) is 54.6 Å². The van der Waals surface area contributed by atoms with E-state index >= 15 is 0 Å². The zero-order chi connectivity index (χ0) is 18.4. The first-order valence-electron chi connectivity index (χ1n) is 8.40. The van der Waals surface area contributed by atoms with Crippen molar-refractivity contribution in [2.24, 2.45) is 0 Å². The lowest BCUT2D eigenvalue weighted by Gasteiger charge is -2.19. The molecule has 0 aromatic heterocycles. The highest BCUT2D eigenvalue weighted by atomic mass is 16.5. The molecule has 0 aliphatic heterocycles. The van der Waals surface area contributed by atoms with E-state index in [4.69, 9.17) is 4.74 Å². The van der Waals surface area contributed by atoms with Crippen molar-refractivity contribution in [3.63, 3.8) is 0 Å². The number of nitrogens with one attached hydrogen (secondary N) is 1. The number of carbonyl (C=O) groups excluding carboxylic acids is 2. The van der Waals surface area contributed by atoms with Gasteiger partial charge in [0, 0.05) is 6.54 Å². The SMILES string of the molecule is C[C@@H](OC(=O)c1ccc(C(C)(C)C)cc1)C(=O)NCc1ccccc1. The minimum atomic E-state index is -0.849. The van der Waals surface area contributed by atoms with Crippen LogP contribution in [0.25, 0.3) is 0 Å². The number of benzene rings is 2. The largest absolute Gasteiger partial charge is 0.449 e. The van der Waals surface area contributed by atoms with Crippen molar-refractivity contribution in [2.75, 3.05) is 0 Å². The van der Waals surface area contributed by atoms with Crippen LogP contribution in [0.3, 0.4) is 0 Å². The van der Waals surface area contributed by atoms with E-state index < -0.39 is 12.1 Å². The van der Waals surface area contributed by atoms with Crippen LogP contribution in [-0.2, 0) is 21.5 Å². The average Bonchev–Trinajstić information content (AvgIpc) is 2.59. The molecular formula is C21H25NO3. The number of rotatable bonds is 5. The van der Waals surface area contributed by atoms with E-state index in [2.05, 4.69) is 26.1 Å². The van der Waals surface area contributed by atoms with Crippen LogP contribution in [0.2, 0.25) is 0 Å². The van der Waals surface area contributed by atoms with E-state index in [0.29, 0.717) is 12.1 Å². The zero-order valence-corrected chi connectivity index (χ0v) is 15.2. The smallest absolute Gasteiger partial charge is 0.338 e. The third-order valence-electron chi connectivity index (χ3n) is 3.95. The Labute approximate surface area is 149 Å². The predicted octanol–water partition coefficient (Wildman–Crippen LogP) is 3.85. The molecule has 4 heteroatoms. The monoisotopic (exact) mass is 339 g/mol. The first-order valence-corrected chi connectivity index (χ1v) is 8.40. The molecular weight excluding hydrogens is 314 g/mol. The summed E-state index contributed by atoms with van der Waals surface area (Å²) in [4.78, 5) is 24.3. The average molecular weight is 339 g/mol. The third kappa shape index (κ3) is 5.45. The van der Waals surface area contributed by atoms with Crippen LogP contribution >= 0.6 is 0 Å². The van der Waals surface area contributed by atoms with Crippen molar-refractivity contribution in [3.8, 4) is 0 Å². The van der Waals surface area contributed by atoms with Crippen LogP contribution < -0.4 is 5.32 Å². The van der Waals surface area contributed by atoms with E-state index in [9.17, 15) is 9.59 Å². The molecule has 0 saturated heterocycles. The highest BCUT2D eigenvalue weighted by Crippen LogP contribution is 2.22. The van der Waals surface area contributed by atoms with E-state index in [1.54, 1.807) is 19.1 Å². The summed E-state index contributed by atoms with van der Waals surface area (Å²) in [7, 11) is 0. The number of ether oxygens (including phenoxy) is 1. The summed E-state index contributed by atoms with van der Waals surface area (Å²) in [5.41, 5.74) is 2.59. The Morgan fingerprint density at radius 3 is 2.16 bits per heavy atom. The van der Waals surface area contributed by atoms with Crippen LogP contribution in [-0.4, -0.2) is 18.0 Å². The van der Waals surface area contributed by atoms with Crippen molar-refractivity contribution in [1.82, 2.24) is 5.32 Å². The fourth-order valence-corrected chi connectivity index (χ4v) is 2.32. The second-order valence-electron chi connectivity index (χ2n) is 7.08. The quantitative estimate of drug-likeness (QED) is 0.842. The normalized spacial score (nSPS) is 12.3. The Bertz CT molecular complexity index is 715. The second kappa shape index (κ2) is 7.97. The van der Waals surface area contributed by atoms with Gasteiger partial charge in [0.25, 0.3) is 5.91 Å². The minimum absolute atomic E-state index is 0.0209. The van der Waals surface area contributed by atoms with Gasteiger partial charge in [-0.3, -0.25) is 4.79 Å². The van der Waals surface area contributed by atoms with Gasteiger partial charge in [-0.15, -0.1) is 0 Å². The molecule has 1 amide bonds. The maximum absolute atomic E-state index is 12.2. The Morgan fingerprint density at radius 2 is 1.60 bits per heavy atom. The summed E-state index contributed by atoms with van der Waals surface area (Å²) >= 11 is 0. The fourth-order valence-electron chi connectivity index (χ4n) is 2.32. The van der Waals surface area contributed by atoms with Crippen molar-refractivity contribution in [2.45, 2.75) is 45.8 Å².